The van der Waals surface area contributed by atoms with Gasteiger partial charge in [0.15, 0.2) is 0 Å². The number of aryl methyl sites for hydroxylation is 1. The fraction of sp³-hybridized carbons (Fsp3) is 0.278. The molecule has 240 valence electrons. The fourth-order valence-corrected chi connectivity index (χ4v) is 7.08. The lowest BCUT2D eigenvalue weighted by molar-refractivity contribution is -0.150. The number of carbonyl (C=O) groups excluding carboxylic acids is 2. The summed E-state index contributed by atoms with van der Waals surface area (Å²) in [7, 11) is -3.91. The molecule has 0 amide bonds. The summed E-state index contributed by atoms with van der Waals surface area (Å²) in [4.78, 5) is 31.2. The molecule has 9 nitrogen and oxygen atoms in total. The number of benzene rings is 4. The van der Waals surface area contributed by atoms with Crippen molar-refractivity contribution in [1.82, 2.24) is 9.80 Å². The predicted octanol–water partition coefficient (Wildman–Crippen LogP) is 5.85. The van der Waals surface area contributed by atoms with Gasteiger partial charge in [-0.3, -0.25) is 24.1 Å². The summed E-state index contributed by atoms with van der Waals surface area (Å²) < 4.78 is 40.8. The van der Waals surface area contributed by atoms with Crippen LogP contribution in [0.25, 0.3) is 0 Å². The van der Waals surface area contributed by atoms with Crippen molar-refractivity contribution in [3.63, 3.8) is 0 Å². The molecule has 0 aliphatic carbocycles. The van der Waals surface area contributed by atoms with Gasteiger partial charge in [-0.05, 0) is 55.7 Å². The van der Waals surface area contributed by atoms with Crippen molar-refractivity contribution in [3.05, 3.63) is 131 Å². The SMILES string of the molecule is CCOC(=O)CN1[C@@H](c2ccccc2)N(Cc2ccccc2NS(=O)(=O)c2ccc(C)cc2)[C@@H](C(=O)OCC)[C@H]1c1ccccc1. The van der Waals surface area contributed by atoms with Crippen LogP contribution in [-0.4, -0.2) is 56.0 Å². The largest absolute Gasteiger partial charge is 0.465 e. The lowest BCUT2D eigenvalue weighted by atomic mass is 9.98. The smallest absolute Gasteiger partial charge is 0.325 e. The van der Waals surface area contributed by atoms with E-state index in [1.807, 2.05) is 89.5 Å². The van der Waals surface area contributed by atoms with Crippen LogP contribution in [-0.2, 0) is 35.6 Å². The molecule has 0 radical (unpaired) electrons. The summed E-state index contributed by atoms with van der Waals surface area (Å²) in [5, 5.41) is 0. The Morgan fingerprint density at radius 2 is 1.33 bits per heavy atom. The molecule has 1 aliphatic rings. The van der Waals surface area contributed by atoms with Crippen LogP contribution < -0.4 is 4.72 Å². The Balaban J connectivity index is 1.63. The highest BCUT2D eigenvalue weighted by Gasteiger charge is 2.53. The summed E-state index contributed by atoms with van der Waals surface area (Å²) in [6, 6.07) is 31.6. The van der Waals surface area contributed by atoms with Crippen LogP contribution in [0.2, 0.25) is 0 Å². The Kier molecular flexibility index (Phi) is 10.5. The first-order chi connectivity index (χ1) is 22.2. The van der Waals surface area contributed by atoms with Crippen molar-refractivity contribution < 1.29 is 27.5 Å². The fourth-order valence-electron chi connectivity index (χ4n) is 5.98. The third-order valence-electron chi connectivity index (χ3n) is 7.97. The zero-order valence-electron chi connectivity index (χ0n) is 26.2. The molecule has 5 rings (SSSR count). The molecule has 0 bridgehead atoms. The number of sulfonamides is 1. The van der Waals surface area contributed by atoms with E-state index in [2.05, 4.69) is 4.72 Å². The van der Waals surface area contributed by atoms with E-state index in [1.54, 1.807) is 50.2 Å². The third-order valence-corrected chi connectivity index (χ3v) is 9.35. The van der Waals surface area contributed by atoms with Crippen LogP contribution >= 0.6 is 0 Å². The van der Waals surface area contributed by atoms with Gasteiger partial charge in [-0.15, -0.1) is 0 Å². The summed E-state index contributed by atoms with van der Waals surface area (Å²) in [5.41, 5.74) is 3.68. The van der Waals surface area contributed by atoms with E-state index in [0.29, 0.717) is 11.3 Å². The maximum atomic E-state index is 14.0. The van der Waals surface area contributed by atoms with Crippen LogP contribution in [0.4, 0.5) is 5.69 Å². The molecule has 1 saturated heterocycles. The van der Waals surface area contributed by atoms with Crippen LogP contribution in [0.1, 0.15) is 48.3 Å². The average Bonchev–Trinajstić information content (AvgIpc) is 3.36. The minimum absolute atomic E-state index is 0.0823. The minimum atomic E-state index is -3.91. The number of esters is 2. The summed E-state index contributed by atoms with van der Waals surface area (Å²) in [5.74, 6) is -0.860. The number of carbonyl (C=O) groups is 2. The topological polar surface area (TPSA) is 105 Å². The molecule has 0 unspecified atom stereocenters. The maximum absolute atomic E-state index is 14.0. The monoisotopic (exact) mass is 641 g/mol. The molecule has 1 heterocycles. The van der Waals surface area contributed by atoms with Gasteiger partial charge in [-0.1, -0.05) is 96.6 Å². The number of nitrogens with zero attached hydrogens (tertiary/aromatic N) is 2. The molecule has 1 aliphatic heterocycles. The zero-order valence-corrected chi connectivity index (χ0v) is 27.0. The quantitative estimate of drug-likeness (QED) is 0.192. The number of para-hydroxylation sites is 1. The van der Waals surface area contributed by atoms with E-state index in [1.165, 1.54) is 0 Å². The Hall–Kier alpha value is -4.51. The van der Waals surface area contributed by atoms with Crippen molar-refractivity contribution in [2.45, 2.75) is 50.5 Å². The first kappa shape index (κ1) is 32.9. The van der Waals surface area contributed by atoms with Gasteiger partial charge in [0.1, 0.15) is 6.04 Å². The third kappa shape index (κ3) is 7.31. The molecule has 1 N–H and O–H groups in total. The van der Waals surface area contributed by atoms with Gasteiger partial charge in [0.2, 0.25) is 0 Å². The lowest BCUT2D eigenvalue weighted by Crippen LogP contribution is -2.41. The molecule has 4 aromatic carbocycles. The minimum Gasteiger partial charge on any atom is -0.465 e. The van der Waals surface area contributed by atoms with E-state index < -0.39 is 40.2 Å². The van der Waals surface area contributed by atoms with Gasteiger partial charge >= 0.3 is 11.9 Å². The van der Waals surface area contributed by atoms with Gasteiger partial charge in [0.05, 0.1) is 42.5 Å². The van der Waals surface area contributed by atoms with E-state index in [-0.39, 0.29) is 31.2 Å². The van der Waals surface area contributed by atoms with Crippen molar-refractivity contribution in [3.8, 4) is 0 Å². The van der Waals surface area contributed by atoms with Crippen molar-refractivity contribution in [2.75, 3.05) is 24.5 Å². The van der Waals surface area contributed by atoms with Gasteiger partial charge < -0.3 is 9.47 Å². The van der Waals surface area contributed by atoms with E-state index in [9.17, 15) is 18.0 Å². The summed E-state index contributed by atoms with van der Waals surface area (Å²) in [6.45, 7) is 5.89. The first-order valence-corrected chi connectivity index (χ1v) is 16.8. The van der Waals surface area contributed by atoms with Crippen molar-refractivity contribution in [1.29, 1.82) is 0 Å². The Bertz CT molecular complexity index is 1730. The molecule has 0 saturated carbocycles. The normalized spacial score (nSPS) is 18.6. The summed E-state index contributed by atoms with van der Waals surface area (Å²) >= 11 is 0. The van der Waals surface area contributed by atoms with Gasteiger partial charge in [0, 0.05) is 6.54 Å². The highest BCUT2D eigenvalue weighted by Crippen LogP contribution is 2.47. The van der Waals surface area contributed by atoms with Crippen LogP contribution in [0.15, 0.2) is 114 Å². The standard InChI is InChI=1S/C36H39N3O6S/c1-4-44-32(40)25-39-33(27-14-8-6-9-15-27)34(36(41)45-5-2)38(35(39)28-16-10-7-11-17-28)24-29-18-12-13-19-31(29)37-46(42,43)30-22-20-26(3)21-23-30/h6-23,33-35,37H,4-5,24-25H2,1-3H3/t33-,34-,35+/m1/s1. The highest BCUT2D eigenvalue weighted by molar-refractivity contribution is 7.92. The van der Waals surface area contributed by atoms with Crippen molar-refractivity contribution in [2.24, 2.45) is 0 Å². The molecule has 4 aromatic rings. The number of anilines is 1. The van der Waals surface area contributed by atoms with E-state index in [4.69, 9.17) is 9.47 Å². The van der Waals surface area contributed by atoms with Gasteiger partial charge in [-0.2, -0.15) is 0 Å². The van der Waals surface area contributed by atoms with Gasteiger partial charge in [0.25, 0.3) is 10.0 Å². The molecule has 0 spiro atoms. The average molecular weight is 642 g/mol. The van der Waals surface area contributed by atoms with Crippen molar-refractivity contribution >= 4 is 27.6 Å². The maximum Gasteiger partial charge on any atom is 0.325 e. The van der Waals surface area contributed by atoms with Crippen LogP contribution in [0.3, 0.4) is 0 Å². The Morgan fingerprint density at radius 3 is 1.96 bits per heavy atom. The van der Waals surface area contributed by atoms with Crippen LogP contribution in [0, 0.1) is 6.92 Å². The van der Waals surface area contributed by atoms with E-state index >= 15 is 0 Å². The second-order valence-corrected chi connectivity index (χ2v) is 12.7. The number of rotatable bonds is 12. The van der Waals surface area contributed by atoms with Crippen LogP contribution in [0.5, 0.6) is 0 Å². The molecular formula is C36H39N3O6S. The second-order valence-electron chi connectivity index (χ2n) is 11.1. The highest BCUT2D eigenvalue weighted by atomic mass is 32.2. The lowest BCUT2D eigenvalue weighted by Gasteiger charge is -2.32. The van der Waals surface area contributed by atoms with Gasteiger partial charge in [-0.25, -0.2) is 8.42 Å². The molecule has 46 heavy (non-hydrogen) atoms. The molecule has 1 fully saturated rings. The first-order valence-electron chi connectivity index (χ1n) is 15.3. The number of hydrogen-bond acceptors (Lipinski definition) is 8. The predicted molar refractivity (Wildman–Crippen MR) is 176 cm³/mol. The Labute approximate surface area is 270 Å². The zero-order chi connectivity index (χ0) is 32.7. The summed E-state index contributed by atoms with van der Waals surface area (Å²) in [6.07, 6.45) is -0.563. The molecule has 3 atom stereocenters. The second kappa shape index (κ2) is 14.7. The number of nitrogens with one attached hydrogen (secondary N) is 1. The molecular weight excluding hydrogens is 602 g/mol. The Morgan fingerprint density at radius 1 is 0.739 bits per heavy atom. The number of ether oxygens (including phenoxy) is 2. The van der Waals surface area contributed by atoms with E-state index in [0.717, 1.165) is 16.7 Å². The molecule has 10 heteroatoms. The number of hydrogen-bond donors (Lipinski definition) is 1. The molecule has 0 aromatic heterocycles.